The summed E-state index contributed by atoms with van der Waals surface area (Å²) in [6.45, 7) is 4.85. The van der Waals surface area contributed by atoms with Gasteiger partial charge in [0.05, 0.1) is 13.7 Å². The van der Waals surface area contributed by atoms with Crippen molar-refractivity contribution in [3.63, 3.8) is 0 Å². The number of hydrogen-bond donors (Lipinski definition) is 0. The number of unbranched alkanes of at least 4 members (excludes halogenated alkanes) is 8. The van der Waals surface area contributed by atoms with Gasteiger partial charge in [0.1, 0.15) is 0 Å². The summed E-state index contributed by atoms with van der Waals surface area (Å²) in [6.07, 6.45) is 15.0. The molecule has 4 nitrogen and oxygen atoms in total. The summed E-state index contributed by atoms with van der Waals surface area (Å²) >= 11 is 0. The highest BCUT2D eigenvalue weighted by atomic mass is 32.3. The van der Waals surface area contributed by atoms with Crippen molar-refractivity contribution in [2.24, 2.45) is 5.92 Å². The van der Waals surface area contributed by atoms with Crippen molar-refractivity contribution in [1.29, 1.82) is 0 Å². The lowest BCUT2D eigenvalue weighted by Gasteiger charge is -2.11. The SMILES string of the molecule is CCCCCCCC(C)CCCCCCCOS(=O)(=O)OC. The monoisotopic (exact) mass is 336 g/mol. The second kappa shape index (κ2) is 14.5. The van der Waals surface area contributed by atoms with Crippen LogP contribution in [0.5, 0.6) is 0 Å². The van der Waals surface area contributed by atoms with Crippen LogP contribution in [0.1, 0.15) is 90.9 Å². The van der Waals surface area contributed by atoms with Gasteiger partial charge in [-0.05, 0) is 12.3 Å². The van der Waals surface area contributed by atoms with Crippen LogP contribution in [0.2, 0.25) is 0 Å². The van der Waals surface area contributed by atoms with Crippen LogP contribution in [0.4, 0.5) is 0 Å². The van der Waals surface area contributed by atoms with E-state index in [2.05, 4.69) is 22.2 Å². The molecule has 0 fully saturated rings. The van der Waals surface area contributed by atoms with Crippen LogP contribution in [0, 0.1) is 5.92 Å². The van der Waals surface area contributed by atoms with Crippen LogP contribution in [-0.4, -0.2) is 22.1 Å². The molecule has 1 unspecified atom stereocenters. The fourth-order valence-electron chi connectivity index (χ4n) is 2.57. The topological polar surface area (TPSA) is 52.6 Å². The average molecular weight is 337 g/mol. The number of rotatable bonds is 16. The van der Waals surface area contributed by atoms with Gasteiger partial charge in [-0.15, -0.1) is 0 Å². The molecule has 0 amide bonds. The highest BCUT2D eigenvalue weighted by Crippen LogP contribution is 2.18. The Morgan fingerprint density at radius 1 is 0.818 bits per heavy atom. The molecular weight excluding hydrogens is 300 g/mol. The maximum atomic E-state index is 10.9. The van der Waals surface area contributed by atoms with Crippen LogP contribution in [0.15, 0.2) is 0 Å². The lowest BCUT2D eigenvalue weighted by Crippen LogP contribution is -2.08. The summed E-state index contributed by atoms with van der Waals surface area (Å²) in [5.41, 5.74) is 0. The molecule has 0 aromatic rings. The lowest BCUT2D eigenvalue weighted by molar-refractivity contribution is 0.238. The molecular formula is C17H36O4S. The van der Waals surface area contributed by atoms with E-state index in [0.717, 1.165) is 32.3 Å². The Kier molecular flexibility index (Phi) is 14.4. The first-order valence-corrected chi connectivity index (χ1v) is 10.3. The molecule has 0 spiro atoms. The minimum Gasteiger partial charge on any atom is -0.252 e. The third-order valence-corrected chi connectivity index (χ3v) is 4.94. The van der Waals surface area contributed by atoms with E-state index in [0.29, 0.717) is 0 Å². The number of hydrogen-bond acceptors (Lipinski definition) is 4. The molecule has 0 radical (unpaired) electrons. The van der Waals surface area contributed by atoms with E-state index in [-0.39, 0.29) is 6.61 Å². The summed E-state index contributed by atoms with van der Waals surface area (Å²) < 4.78 is 30.7. The zero-order valence-electron chi connectivity index (χ0n) is 14.8. The first-order chi connectivity index (χ1) is 10.5. The fourth-order valence-corrected chi connectivity index (χ4v) is 2.99. The minimum atomic E-state index is -3.74. The molecule has 0 bridgehead atoms. The molecule has 0 aromatic carbocycles. The Hall–Kier alpha value is -0.130. The van der Waals surface area contributed by atoms with Crippen molar-refractivity contribution < 1.29 is 16.8 Å². The van der Waals surface area contributed by atoms with Gasteiger partial charge < -0.3 is 0 Å². The van der Waals surface area contributed by atoms with Gasteiger partial charge in [0.15, 0.2) is 0 Å². The average Bonchev–Trinajstić information content (AvgIpc) is 2.49. The van der Waals surface area contributed by atoms with E-state index >= 15 is 0 Å². The summed E-state index contributed by atoms with van der Waals surface area (Å²) in [7, 11) is -2.63. The third-order valence-electron chi connectivity index (χ3n) is 4.07. The van der Waals surface area contributed by atoms with E-state index in [1.807, 2.05) is 0 Å². The summed E-state index contributed by atoms with van der Waals surface area (Å²) in [5, 5.41) is 0. The largest absolute Gasteiger partial charge is 0.399 e. The fraction of sp³-hybridized carbons (Fsp3) is 1.00. The van der Waals surface area contributed by atoms with Gasteiger partial charge in [-0.25, -0.2) is 4.18 Å². The molecule has 0 N–H and O–H groups in total. The van der Waals surface area contributed by atoms with Crippen molar-refractivity contribution in [2.75, 3.05) is 13.7 Å². The highest BCUT2D eigenvalue weighted by Gasteiger charge is 2.07. The second-order valence-electron chi connectivity index (χ2n) is 6.26. The van der Waals surface area contributed by atoms with Crippen molar-refractivity contribution in [2.45, 2.75) is 90.9 Å². The Morgan fingerprint density at radius 2 is 1.32 bits per heavy atom. The summed E-state index contributed by atoms with van der Waals surface area (Å²) in [4.78, 5) is 0. The molecule has 22 heavy (non-hydrogen) atoms. The van der Waals surface area contributed by atoms with Crippen molar-refractivity contribution in [1.82, 2.24) is 0 Å². The Bertz CT molecular complexity index is 328. The highest BCUT2D eigenvalue weighted by molar-refractivity contribution is 7.81. The van der Waals surface area contributed by atoms with Crippen molar-refractivity contribution >= 4 is 10.4 Å². The van der Waals surface area contributed by atoms with Gasteiger partial charge in [-0.1, -0.05) is 84.5 Å². The molecule has 0 heterocycles. The molecule has 0 saturated heterocycles. The van der Waals surface area contributed by atoms with Gasteiger partial charge in [-0.2, -0.15) is 8.42 Å². The quantitative estimate of drug-likeness (QED) is 0.362. The Morgan fingerprint density at radius 3 is 1.86 bits per heavy atom. The lowest BCUT2D eigenvalue weighted by atomic mass is 9.96. The summed E-state index contributed by atoms with van der Waals surface area (Å²) in [6, 6.07) is 0. The maximum Gasteiger partial charge on any atom is 0.399 e. The van der Waals surface area contributed by atoms with Crippen molar-refractivity contribution in [3.8, 4) is 0 Å². The van der Waals surface area contributed by atoms with Gasteiger partial charge >= 0.3 is 10.4 Å². The van der Waals surface area contributed by atoms with E-state index in [1.54, 1.807) is 0 Å². The van der Waals surface area contributed by atoms with Gasteiger partial charge in [0.2, 0.25) is 0 Å². The molecule has 5 heteroatoms. The first-order valence-electron chi connectivity index (χ1n) is 8.96. The summed E-state index contributed by atoms with van der Waals surface area (Å²) in [5.74, 6) is 0.844. The maximum absolute atomic E-state index is 10.9. The van der Waals surface area contributed by atoms with Crippen LogP contribution in [0.3, 0.4) is 0 Å². The molecule has 0 aromatic heterocycles. The standard InChI is InChI=1S/C17H36O4S/c1-4-5-6-8-11-14-17(2)15-12-9-7-10-13-16-21-22(18,19)20-3/h17H,4-16H2,1-3H3. The van der Waals surface area contributed by atoms with Crippen LogP contribution in [-0.2, 0) is 18.8 Å². The zero-order valence-corrected chi connectivity index (χ0v) is 15.6. The predicted molar refractivity (Wildman–Crippen MR) is 92.1 cm³/mol. The molecule has 0 rings (SSSR count). The van der Waals surface area contributed by atoms with Crippen LogP contribution >= 0.6 is 0 Å². The Balaban J connectivity index is 3.28. The van der Waals surface area contributed by atoms with Crippen molar-refractivity contribution in [3.05, 3.63) is 0 Å². The molecule has 0 aliphatic carbocycles. The van der Waals surface area contributed by atoms with Gasteiger partial charge in [0, 0.05) is 0 Å². The van der Waals surface area contributed by atoms with E-state index in [9.17, 15) is 8.42 Å². The van der Waals surface area contributed by atoms with Gasteiger partial charge in [-0.3, -0.25) is 4.18 Å². The minimum absolute atomic E-state index is 0.227. The molecule has 1 atom stereocenters. The van der Waals surface area contributed by atoms with Crippen LogP contribution in [0.25, 0.3) is 0 Å². The molecule has 134 valence electrons. The van der Waals surface area contributed by atoms with E-state index < -0.39 is 10.4 Å². The molecule has 0 aliphatic rings. The molecule has 0 aliphatic heterocycles. The third kappa shape index (κ3) is 14.8. The van der Waals surface area contributed by atoms with E-state index in [1.165, 1.54) is 57.8 Å². The second-order valence-corrected chi connectivity index (χ2v) is 7.65. The smallest absolute Gasteiger partial charge is 0.252 e. The molecule has 0 saturated carbocycles. The predicted octanol–water partition coefficient (Wildman–Crippen LogP) is 5.23. The van der Waals surface area contributed by atoms with Crippen LogP contribution < -0.4 is 0 Å². The van der Waals surface area contributed by atoms with Gasteiger partial charge in [0.25, 0.3) is 0 Å². The first kappa shape index (κ1) is 21.9. The zero-order chi connectivity index (χ0) is 16.7. The van der Waals surface area contributed by atoms with E-state index in [4.69, 9.17) is 0 Å². The normalized spacial score (nSPS) is 13.4. The Labute approximate surface area is 138 Å².